The molecule has 0 radical (unpaired) electrons. The Morgan fingerprint density at radius 3 is 2.79 bits per heavy atom. The molecule has 2 aliphatic rings. The van der Waals surface area contributed by atoms with Gasteiger partial charge in [0.15, 0.2) is 0 Å². The van der Waals surface area contributed by atoms with Crippen LogP contribution in [0.2, 0.25) is 0 Å². The van der Waals surface area contributed by atoms with E-state index in [-0.39, 0.29) is 0 Å². The third-order valence-corrected chi connectivity index (χ3v) is 6.11. The van der Waals surface area contributed by atoms with Crippen LogP contribution in [0.1, 0.15) is 48.4 Å². The maximum absolute atomic E-state index is 4.87. The average molecular weight is 290 g/mol. The normalized spacial score (nSPS) is 22.7. The molecule has 2 aromatic heterocycles. The van der Waals surface area contributed by atoms with Crippen LogP contribution in [0.3, 0.4) is 0 Å². The Morgan fingerprint density at radius 1 is 1.21 bits per heavy atom. The number of thiophene rings is 1. The zero-order valence-electron chi connectivity index (χ0n) is 11.4. The monoisotopic (exact) mass is 290 g/mol. The molecule has 1 fully saturated rings. The first-order valence-corrected chi connectivity index (χ1v) is 9.16. The standard InChI is InChI=1S/C15H18N2S2/c1-8-3-6-10-11(7-8)19-15-12(10)14(18-2)16-13(17-15)9-4-5-9/h8-9H,3-7H2,1-2H3/t8-/m1/s1. The number of thioether (sulfide) groups is 1. The molecule has 0 aliphatic heterocycles. The minimum absolute atomic E-state index is 0.647. The number of aromatic nitrogens is 2. The SMILES string of the molecule is CSc1nc(C2CC2)nc2sc3c(c12)CC[C@@H](C)C3. The van der Waals surface area contributed by atoms with Gasteiger partial charge in [0.1, 0.15) is 15.7 Å². The van der Waals surface area contributed by atoms with Gasteiger partial charge >= 0.3 is 0 Å². The molecule has 4 rings (SSSR count). The van der Waals surface area contributed by atoms with Gasteiger partial charge in [-0.05, 0) is 49.8 Å². The smallest absolute Gasteiger partial charge is 0.134 e. The third-order valence-electron chi connectivity index (χ3n) is 4.28. The summed E-state index contributed by atoms with van der Waals surface area (Å²) in [4.78, 5) is 12.5. The first kappa shape index (κ1) is 12.2. The number of hydrogen-bond acceptors (Lipinski definition) is 4. The summed E-state index contributed by atoms with van der Waals surface area (Å²) < 4.78 is 0. The maximum atomic E-state index is 4.87. The molecule has 0 unspecified atom stereocenters. The van der Waals surface area contributed by atoms with Crippen LogP contribution in [0.15, 0.2) is 5.03 Å². The first-order valence-electron chi connectivity index (χ1n) is 7.12. The van der Waals surface area contributed by atoms with E-state index in [2.05, 4.69) is 13.2 Å². The van der Waals surface area contributed by atoms with Gasteiger partial charge in [0, 0.05) is 16.2 Å². The molecule has 19 heavy (non-hydrogen) atoms. The van der Waals surface area contributed by atoms with E-state index in [1.54, 1.807) is 22.2 Å². The van der Waals surface area contributed by atoms with Gasteiger partial charge in [-0.1, -0.05) is 6.92 Å². The van der Waals surface area contributed by atoms with Crippen LogP contribution in [0.25, 0.3) is 10.2 Å². The molecule has 1 saturated carbocycles. The summed E-state index contributed by atoms with van der Waals surface area (Å²) >= 11 is 3.72. The Hall–Kier alpha value is -0.610. The van der Waals surface area contributed by atoms with Gasteiger partial charge in [-0.2, -0.15) is 0 Å². The lowest BCUT2D eigenvalue weighted by Gasteiger charge is -2.18. The summed E-state index contributed by atoms with van der Waals surface area (Å²) in [5, 5.41) is 2.60. The fourth-order valence-electron chi connectivity index (χ4n) is 3.00. The number of rotatable bonds is 2. The van der Waals surface area contributed by atoms with E-state index in [1.807, 2.05) is 11.3 Å². The second-order valence-corrected chi connectivity index (χ2v) is 7.78. The van der Waals surface area contributed by atoms with Gasteiger partial charge in [-0.15, -0.1) is 23.1 Å². The Labute approximate surface area is 122 Å². The summed E-state index contributed by atoms with van der Waals surface area (Å²) in [6.07, 6.45) is 8.48. The minimum Gasteiger partial charge on any atom is -0.226 e. The Bertz CT molecular complexity index is 643. The number of fused-ring (bicyclic) bond motifs is 3. The second kappa shape index (κ2) is 4.45. The topological polar surface area (TPSA) is 25.8 Å². The van der Waals surface area contributed by atoms with Crippen molar-refractivity contribution in [2.75, 3.05) is 6.26 Å². The van der Waals surface area contributed by atoms with Crippen molar-refractivity contribution >= 4 is 33.3 Å². The molecule has 2 nitrogen and oxygen atoms in total. The second-order valence-electron chi connectivity index (χ2n) is 5.90. The fraction of sp³-hybridized carbons (Fsp3) is 0.600. The highest BCUT2D eigenvalue weighted by Crippen LogP contribution is 2.44. The van der Waals surface area contributed by atoms with Gasteiger partial charge in [-0.25, -0.2) is 9.97 Å². The minimum atomic E-state index is 0.647. The first-order chi connectivity index (χ1) is 9.26. The molecule has 0 aromatic carbocycles. The maximum Gasteiger partial charge on any atom is 0.134 e. The highest BCUT2D eigenvalue weighted by Gasteiger charge is 2.29. The van der Waals surface area contributed by atoms with Crippen molar-refractivity contribution in [3.8, 4) is 0 Å². The van der Waals surface area contributed by atoms with E-state index in [9.17, 15) is 0 Å². The van der Waals surface area contributed by atoms with E-state index < -0.39 is 0 Å². The average Bonchev–Trinajstić information content (AvgIpc) is 3.18. The number of aryl methyl sites for hydroxylation is 1. The summed E-state index contributed by atoms with van der Waals surface area (Å²) in [7, 11) is 0. The molecule has 2 aromatic rings. The fourth-order valence-corrected chi connectivity index (χ4v) is 5.06. The van der Waals surface area contributed by atoms with E-state index >= 15 is 0 Å². The van der Waals surface area contributed by atoms with E-state index in [0.29, 0.717) is 5.92 Å². The third kappa shape index (κ3) is 2.00. The van der Waals surface area contributed by atoms with Crippen molar-refractivity contribution in [2.45, 2.75) is 50.0 Å². The lowest BCUT2D eigenvalue weighted by atomic mass is 9.89. The zero-order chi connectivity index (χ0) is 13.0. The molecule has 0 amide bonds. The zero-order valence-corrected chi connectivity index (χ0v) is 13.0. The van der Waals surface area contributed by atoms with Crippen molar-refractivity contribution in [2.24, 2.45) is 5.92 Å². The quantitative estimate of drug-likeness (QED) is 0.605. The molecule has 0 N–H and O–H groups in total. The predicted molar refractivity (Wildman–Crippen MR) is 82.4 cm³/mol. The van der Waals surface area contributed by atoms with E-state index in [1.165, 1.54) is 47.3 Å². The Kier molecular flexibility index (Phi) is 2.85. The van der Waals surface area contributed by atoms with Gasteiger partial charge < -0.3 is 0 Å². The van der Waals surface area contributed by atoms with Gasteiger partial charge in [0.25, 0.3) is 0 Å². The van der Waals surface area contributed by atoms with Crippen LogP contribution in [0.4, 0.5) is 0 Å². The van der Waals surface area contributed by atoms with Crippen LogP contribution in [0, 0.1) is 5.92 Å². The number of hydrogen-bond donors (Lipinski definition) is 0. The number of nitrogens with zero attached hydrogens (tertiary/aromatic N) is 2. The lowest BCUT2D eigenvalue weighted by molar-refractivity contribution is 0.509. The Morgan fingerprint density at radius 2 is 2.05 bits per heavy atom. The molecule has 0 saturated heterocycles. The van der Waals surface area contributed by atoms with Gasteiger partial charge in [0.05, 0.1) is 0 Å². The highest BCUT2D eigenvalue weighted by atomic mass is 32.2. The molecule has 1 atom stereocenters. The Balaban J connectivity index is 1.93. The molecule has 0 spiro atoms. The van der Waals surface area contributed by atoms with E-state index in [4.69, 9.17) is 9.97 Å². The molecule has 4 heteroatoms. The molecule has 2 heterocycles. The molecular weight excluding hydrogens is 272 g/mol. The van der Waals surface area contributed by atoms with Crippen LogP contribution >= 0.6 is 23.1 Å². The molecule has 2 aliphatic carbocycles. The van der Waals surface area contributed by atoms with Gasteiger partial charge in [0.2, 0.25) is 0 Å². The molecule has 100 valence electrons. The van der Waals surface area contributed by atoms with E-state index in [0.717, 1.165) is 11.7 Å². The van der Waals surface area contributed by atoms with Gasteiger partial charge in [-0.3, -0.25) is 0 Å². The van der Waals surface area contributed by atoms with Crippen LogP contribution in [-0.4, -0.2) is 16.2 Å². The van der Waals surface area contributed by atoms with Crippen molar-refractivity contribution < 1.29 is 0 Å². The van der Waals surface area contributed by atoms with Crippen molar-refractivity contribution in [1.29, 1.82) is 0 Å². The summed E-state index contributed by atoms with van der Waals surface area (Å²) in [6.45, 7) is 2.37. The van der Waals surface area contributed by atoms with Crippen LogP contribution < -0.4 is 0 Å². The predicted octanol–water partition coefficient (Wildman–Crippen LogP) is 4.42. The molecular formula is C15H18N2S2. The van der Waals surface area contributed by atoms with Crippen LogP contribution in [0.5, 0.6) is 0 Å². The molecule has 0 bridgehead atoms. The van der Waals surface area contributed by atoms with Crippen molar-refractivity contribution in [3.63, 3.8) is 0 Å². The highest BCUT2D eigenvalue weighted by molar-refractivity contribution is 7.98. The van der Waals surface area contributed by atoms with Crippen molar-refractivity contribution in [3.05, 3.63) is 16.3 Å². The summed E-state index contributed by atoms with van der Waals surface area (Å²) in [5.41, 5.74) is 1.56. The van der Waals surface area contributed by atoms with Crippen LogP contribution in [-0.2, 0) is 12.8 Å². The summed E-state index contributed by atoms with van der Waals surface area (Å²) in [6, 6.07) is 0. The summed E-state index contributed by atoms with van der Waals surface area (Å²) in [5.74, 6) is 2.58. The van der Waals surface area contributed by atoms with Crippen molar-refractivity contribution in [1.82, 2.24) is 9.97 Å². The largest absolute Gasteiger partial charge is 0.226 e. The lowest BCUT2D eigenvalue weighted by Crippen LogP contribution is -2.08.